The second-order valence-corrected chi connectivity index (χ2v) is 7.14. The van der Waals surface area contributed by atoms with Crippen LogP contribution in [0.15, 0.2) is 4.52 Å². The number of aromatic nitrogens is 2. The van der Waals surface area contributed by atoms with Crippen molar-refractivity contribution in [3.05, 3.63) is 11.7 Å². The zero-order valence-corrected chi connectivity index (χ0v) is 12.6. The summed E-state index contributed by atoms with van der Waals surface area (Å²) < 4.78 is 5.41. The molecule has 0 radical (unpaired) electrons. The van der Waals surface area contributed by atoms with Crippen LogP contribution in [0.5, 0.6) is 0 Å². The molecular weight excluding hydrogens is 238 g/mol. The summed E-state index contributed by atoms with van der Waals surface area (Å²) in [7, 11) is 0. The number of rotatable bonds is 3. The Kier molecular flexibility index (Phi) is 4.29. The maximum atomic E-state index is 5.76. The van der Waals surface area contributed by atoms with E-state index in [1.54, 1.807) is 0 Å². The second kappa shape index (κ2) is 5.61. The Hall–Kier alpha value is -0.900. The lowest BCUT2D eigenvalue weighted by atomic mass is 9.70. The molecule has 4 nitrogen and oxygen atoms in total. The van der Waals surface area contributed by atoms with Gasteiger partial charge in [0, 0.05) is 18.4 Å². The second-order valence-electron chi connectivity index (χ2n) is 7.14. The van der Waals surface area contributed by atoms with Crippen LogP contribution < -0.4 is 5.73 Å². The van der Waals surface area contributed by atoms with Gasteiger partial charge in [0.1, 0.15) is 0 Å². The monoisotopic (exact) mass is 265 g/mol. The first-order chi connectivity index (χ1) is 8.86. The molecule has 19 heavy (non-hydrogen) atoms. The van der Waals surface area contributed by atoms with Crippen LogP contribution >= 0.6 is 0 Å². The van der Waals surface area contributed by atoms with Gasteiger partial charge in [0.2, 0.25) is 5.89 Å². The molecule has 0 amide bonds. The molecule has 0 aliphatic heterocycles. The van der Waals surface area contributed by atoms with Crippen molar-refractivity contribution in [1.29, 1.82) is 0 Å². The lowest BCUT2D eigenvalue weighted by Crippen LogP contribution is -2.25. The molecule has 0 spiro atoms. The molecule has 1 saturated carbocycles. The zero-order chi connectivity index (χ0) is 14.0. The molecule has 1 atom stereocenters. The van der Waals surface area contributed by atoms with E-state index in [9.17, 15) is 0 Å². The van der Waals surface area contributed by atoms with Gasteiger partial charge in [0.15, 0.2) is 5.82 Å². The van der Waals surface area contributed by atoms with E-state index in [0.29, 0.717) is 17.8 Å². The zero-order valence-electron chi connectivity index (χ0n) is 12.6. The van der Waals surface area contributed by atoms with Crippen molar-refractivity contribution in [3.63, 3.8) is 0 Å². The highest BCUT2D eigenvalue weighted by molar-refractivity contribution is 4.98. The lowest BCUT2D eigenvalue weighted by molar-refractivity contribution is 0.159. The summed E-state index contributed by atoms with van der Waals surface area (Å²) in [5.74, 6) is 2.84. The van der Waals surface area contributed by atoms with Gasteiger partial charge >= 0.3 is 0 Å². The molecular formula is C15H27N3O. The first-order valence-corrected chi connectivity index (χ1v) is 7.44. The van der Waals surface area contributed by atoms with Crippen LogP contribution in [0, 0.1) is 11.3 Å². The Morgan fingerprint density at radius 2 is 1.89 bits per heavy atom. The Balaban J connectivity index is 1.92. The van der Waals surface area contributed by atoms with Crippen molar-refractivity contribution in [2.75, 3.05) is 0 Å². The Labute approximate surface area is 116 Å². The SMILES string of the molecule is CC(N)Cc1noc(C2CCC(C(C)(C)C)CC2)n1. The number of nitrogens with two attached hydrogens (primary N) is 1. The minimum absolute atomic E-state index is 0.0853. The Morgan fingerprint density at radius 3 is 2.42 bits per heavy atom. The smallest absolute Gasteiger partial charge is 0.229 e. The molecule has 1 fully saturated rings. The van der Waals surface area contributed by atoms with Gasteiger partial charge in [-0.2, -0.15) is 4.98 Å². The van der Waals surface area contributed by atoms with Crippen molar-refractivity contribution in [2.24, 2.45) is 17.1 Å². The van der Waals surface area contributed by atoms with E-state index in [1.165, 1.54) is 25.7 Å². The molecule has 1 unspecified atom stereocenters. The average Bonchev–Trinajstić information content (AvgIpc) is 2.75. The summed E-state index contributed by atoms with van der Waals surface area (Å²) in [6, 6.07) is 0.0853. The van der Waals surface area contributed by atoms with Gasteiger partial charge < -0.3 is 10.3 Å². The molecule has 0 aromatic carbocycles. The number of hydrogen-bond donors (Lipinski definition) is 1. The van der Waals surface area contributed by atoms with Crippen LogP contribution in [-0.2, 0) is 6.42 Å². The summed E-state index contributed by atoms with van der Waals surface area (Å²) in [5.41, 5.74) is 6.17. The van der Waals surface area contributed by atoms with Crippen molar-refractivity contribution in [1.82, 2.24) is 10.1 Å². The third-order valence-electron chi connectivity index (χ3n) is 4.29. The van der Waals surface area contributed by atoms with E-state index in [1.807, 2.05) is 6.92 Å². The van der Waals surface area contributed by atoms with Crippen LogP contribution in [0.1, 0.15) is 71.0 Å². The summed E-state index contributed by atoms with van der Waals surface area (Å²) in [5, 5.41) is 4.03. The van der Waals surface area contributed by atoms with Gasteiger partial charge in [0.05, 0.1) is 0 Å². The van der Waals surface area contributed by atoms with Crippen LogP contribution in [-0.4, -0.2) is 16.2 Å². The van der Waals surface area contributed by atoms with E-state index in [2.05, 4.69) is 30.9 Å². The van der Waals surface area contributed by atoms with Crippen molar-refractivity contribution < 1.29 is 4.52 Å². The molecule has 0 saturated heterocycles. The van der Waals surface area contributed by atoms with E-state index >= 15 is 0 Å². The van der Waals surface area contributed by atoms with Gasteiger partial charge in [-0.15, -0.1) is 0 Å². The largest absolute Gasteiger partial charge is 0.339 e. The normalized spacial score (nSPS) is 26.4. The van der Waals surface area contributed by atoms with Gasteiger partial charge in [-0.1, -0.05) is 25.9 Å². The predicted molar refractivity (Wildman–Crippen MR) is 75.8 cm³/mol. The van der Waals surface area contributed by atoms with E-state index in [-0.39, 0.29) is 6.04 Å². The summed E-state index contributed by atoms with van der Waals surface area (Å²) in [6.45, 7) is 8.98. The molecule has 4 heteroatoms. The summed E-state index contributed by atoms with van der Waals surface area (Å²) >= 11 is 0. The van der Waals surface area contributed by atoms with Gasteiger partial charge in [0.25, 0.3) is 0 Å². The van der Waals surface area contributed by atoms with Crippen LogP contribution in [0.25, 0.3) is 0 Å². The van der Waals surface area contributed by atoms with Crippen LogP contribution in [0.2, 0.25) is 0 Å². The molecule has 1 aliphatic carbocycles. The fourth-order valence-corrected chi connectivity index (χ4v) is 3.01. The van der Waals surface area contributed by atoms with Gasteiger partial charge in [-0.25, -0.2) is 0 Å². The molecule has 1 aromatic heterocycles. The van der Waals surface area contributed by atoms with Gasteiger partial charge in [-0.3, -0.25) is 0 Å². The maximum Gasteiger partial charge on any atom is 0.229 e. The highest BCUT2D eigenvalue weighted by Gasteiger charge is 2.32. The van der Waals surface area contributed by atoms with Crippen molar-refractivity contribution in [2.45, 2.75) is 71.8 Å². The summed E-state index contributed by atoms with van der Waals surface area (Å²) in [6.07, 6.45) is 5.56. The van der Waals surface area contributed by atoms with Crippen LogP contribution in [0.4, 0.5) is 0 Å². The third kappa shape index (κ3) is 3.78. The lowest BCUT2D eigenvalue weighted by Gasteiger charge is -2.35. The average molecular weight is 265 g/mol. The first kappa shape index (κ1) is 14.5. The quantitative estimate of drug-likeness (QED) is 0.911. The molecule has 0 bridgehead atoms. The standard InChI is InChI=1S/C15H27N3O/c1-10(16)9-13-17-14(19-18-13)11-5-7-12(8-6-11)15(2,3)4/h10-12H,5-9,16H2,1-4H3. The number of hydrogen-bond acceptors (Lipinski definition) is 4. The Morgan fingerprint density at radius 1 is 1.26 bits per heavy atom. The minimum Gasteiger partial charge on any atom is -0.339 e. The highest BCUT2D eigenvalue weighted by Crippen LogP contribution is 2.42. The molecule has 1 aliphatic rings. The molecule has 2 N–H and O–H groups in total. The van der Waals surface area contributed by atoms with Crippen LogP contribution in [0.3, 0.4) is 0 Å². The third-order valence-corrected chi connectivity index (χ3v) is 4.29. The number of nitrogens with zero attached hydrogens (tertiary/aromatic N) is 2. The fourth-order valence-electron chi connectivity index (χ4n) is 3.01. The summed E-state index contributed by atoms with van der Waals surface area (Å²) in [4.78, 5) is 4.50. The van der Waals surface area contributed by atoms with Crippen molar-refractivity contribution in [3.8, 4) is 0 Å². The maximum absolute atomic E-state index is 5.76. The Bertz CT molecular complexity index is 398. The first-order valence-electron chi connectivity index (χ1n) is 7.44. The van der Waals surface area contributed by atoms with E-state index in [4.69, 9.17) is 10.3 Å². The molecule has 108 valence electrons. The molecule has 1 aromatic rings. The van der Waals surface area contributed by atoms with E-state index in [0.717, 1.165) is 17.6 Å². The van der Waals surface area contributed by atoms with E-state index < -0.39 is 0 Å². The molecule has 2 rings (SSSR count). The van der Waals surface area contributed by atoms with Gasteiger partial charge in [-0.05, 0) is 43.9 Å². The topological polar surface area (TPSA) is 64.9 Å². The minimum atomic E-state index is 0.0853. The predicted octanol–water partition coefficient (Wildman–Crippen LogP) is 3.28. The molecule has 1 heterocycles. The highest BCUT2D eigenvalue weighted by atomic mass is 16.5. The van der Waals surface area contributed by atoms with Crippen molar-refractivity contribution >= 4 is 0 Å². The fraction of sp³-hybridized carbons (Fsp3) is 0.867.